The van der Waals surface area contributed by atoms with Crippen LogP contribution in [0.15, 0.2) is 200 Å². The molecule has 256 valence electrons. The molecular formula is C52H43N. The van der Waals surface area contributed by atoms with Gasteiger partial charge in [-0.3, -0.25) is 0 Å². The Morgan fingerprint density at radius 3 is 1.42 bits per heavy atom. The molecule has 0 saturated heterocycles. The van der Waals surface area contributed by atoms with Gasteiger partial charge in [-0.25, -0.2) is 0 Å². The van der Waals surface area contributed by atoms with E-state index in [1.54, 1.807) is 0 Å². The van der Waals surface area contributed by atoms with Crippen LogP contribution in [0.25, 0.3) is 23.3 Å². The summed E-state index contributed by atoms with van der Waals surface area (Å²) in [5, 5.41) is 0. The van der Waals surface area contributed by atoms with E-state index in [1.165, 1.54) is 68.6 Å². The highest BCUT2D eigenvalue weighted by molar-refractivity contribution is 5.92. The van der Waals surface area contributed by atoms with Gasteiger partial charge in [0.1, 0.15) is 0 Å². The van der Waals surface area contributed by atoms with Crippen LogP contribution >= 0.6 is 0 Å². The Labute approximate surface area is 314 Å². The molecule has 0 saturated carbocycles. The van der Waals surface area contributed by atoms with E-state index in [4.69, 9.17) is 0 Å². The van der Waals surface area contributed by atoms with Crippen molar-refractivity contribution in [3.05, 3.63) is 245 Å². The highest BCUT2D eigenvalue weighted by atomic mass is 15.1. The fourth-order valence-electron chi connectivity index (χ4n) is 7.44. The first-order valence-corrected chi connectivity index (χ1v) is 18.7. The number of anilines is 3. The number of benzene rings is 7. The van der Waals surface area contributed by atoms with Crippen molar-refractivity contribution in [3.8, 4) is 0 Å². The Morgan fingerprint density at radius 2 is 0.887 bits per heavy atom. The summed E-state index contributed by atoms with van der Waals surface area (Å²) >= 11 is 0. The van der Waals surface area contributed by atoms with E-state index in [0.29, 0.717) is 0 Å². The summed E-state index contributed by atoms with van der Waals surface area (Å²) in [5.74, 6) is 0. The minimum Gasteiger partial charge on any atom is -0.310 e. The van der Waals surface area contributed by atoms with Gasteiger partial charge in [0.25, 0.3) is 0 Å². The first-order valence-electron chi connectivity index (χ1n) is 18.7. The third-order valence-electron chi connectivity index (χ3n) is 10.1. The van der Waals surface area contributed by atoms with E-state index < -0.39 is 0 Å². The number of aryl methyl sites for hydroxylation is 1. The van der Waals surface area contributed by atoms with Gasteiger partial charge in [-0.2, -0.15) is 0 Å². The van der Waals surface area contributed by atoms with E-state index in [9.17, 15) is 0 Å². The van der Waals surface area contributed by atoms with E-state index in [2.05, 4.69) is 217 Å². The van der Waals surface area contributed by atoms with Crippen LogP contribution in [0.3, 0.4) is 0 Å². The monoisotopic (exact) mass is 681 g/mol. The van der Waals surface area contributed by atoms with Crippen molar-refractivity contribution in [1.82, 2.24) is 0 Å². The van der Waals surface area contributed by atoms with Gasteiger partial charge < -0.3 is 4.90 Å². The van der Waals surface area contributed by atoms with Gasteiger partial charge in [0, 0.05) is 17.1 Å². The Hall–Kier alpha value is -6.44. The van der Waals surface area contributed by atoms with E-state index >= 15 is 0 Å². The number of hydrogen-bond acceptors (Lipinski definition) is 1. The second-order valence-corrected chi connectivity index (χ2v) is 13.6. The summed E-state index contributed by atoms with van der Waals surface area (Å²) in [6.45, 7) is 0. The normalized spacial score (nSPS) is 12.2. The van der Waals surface area contributed by atoms with Gasteiger partial charge in [0.2, 0.25) is 0 Å². The molecule has 7 aromatic carbocycles. The molecule has 1 nitrogen and oxygen atoms in total. The fraction of sp³-hybridized carbons (Fsp3) is 0.0769. The Morgan fingerprint density at radius 1 is 0.415 bits per heavy atom. The van der Waals surface area contributed by atoms with Gasteiger partial charge in [0.15, 0.2) is 0 Å². The summed E-state index contributed by atoms with van der Waals surface area (Å²) in [4.78, 5) is 2.45. The standard InChI is InChI=1S/C52H43N/c1-5-18-42(19-6-1)49(43-20-7-2-8-21-43)29-15-17-40-31-35-47(36-32-40)53(52-30-16-27-44-26-13-14-28-50(44)52)48-37-33-41(34-38-48)39-51(45-22-9-3-10-23-45)46-24-11-4-12-25-46/h1-12,15-25,27,29-39H,13-14,26,28H2. The average Bonchev–Trinajstić information content (AvgIpc) is 3.24. The summed E-state index contributed by atoms with van der Waals surface area (Å²) in [6, 6.07) is 67.5. The number of nitrogens with zero attached hydrogens (tertiary/aromatic N) is 1. The Kier molecular flexibility index (Phi) is 10.3. The summed E-state index contributed by atoms with van der Waals surface area (Å²) in [5.41, 5.74) is 16.1. The topological polar surface area (TPSA) is 3.24 Å². The van der Waals surface area contributed by atoms with Crippen LogP contribution in [-0.2, 0) is 12.8 Å². The number of hydrogen-bond donors (Lipinski definition) is 0. The summed E-state index contributed by atoms with van der Waals surface area (Å²) < 4.78 is 0. The van der Waals surface area contributed by atoms with Crippen LogP contribution in [0, 0.1) is 0 Å². The molecule has 1 aliphatic rings. The highest BCUT2D eigenvalue weighted by Gasteiger charge is 2.20. The lowest BCUT2D eigenvalue weighted by Crippen LogP contribution is -2.15. The van der Waals surface area contributed by atoms with Crippen LogP contribution in [0.4, 0.5) is 17.1 Å². The lowest BCUT2D eigenvalue weighted by molar-refractivity contribution is 0.686. The third-order valence-corrected chi connectivity index (χ3v) is 10.1. The molecule has 0 atom stereocenters. The Balaban J connectivity index is 1.13. The second-order valence-electron chi connectivity index (χ2n) is 13.6. The van der Waals surface area contributed by atoms with Crippen molar-refractivity contribution in [2.45, 2.75) is 25.7 Å². The predicted octanol–water partition coefficient (Wildman–Crippen LogP) is 13.8. The molecule has 0 unspecified atom stereocenters. The number of allylic oxidation sites excluding steroid dienone is 2. The second kappa shape index (κ2) is 16.3. The summed E-state index contributed by atoms with van der Waals surface area (Å²) in [6.07, 6.45) is 13.6. The van der Waals surface area contributed by atoms with E-state index in [-0.39, 0.29) is 0 Å². The third kappa shape index (κ3) is 7.91. The molecular weight excluding hydrogens is 639 g/mol. The molecule has 0 spiro atoms. The lowest BCUT2D eigenvalue weighted by atomic mass is 9.89. The SMILES string of the molecule is C(=Cc1ccc(N(c2ccc(C=C(c3ccccc3)c3ccccc3)cc2)c2cccc3c2CCCC3)cc1)C=C(c1ccccc1)c1ccccc1. The van der Waals surface area contributed by atoms with Crippen molar-refractivity contribution in [2.24, 2.45) is 0 Å². The minimum atomic E-state index is 1.11. The number of fused-ring (bicyclic) bond motifs is 1. The van der Waals surface area contributed by atoms with Gasteiger partial charge >= 0.3 is 0 Å². The van der Waals surface area contributed by atoms with Gasteiger partial charge in [-0.15, -0.1) is 0 Å². The van der Waals surface area contributed by atoms with Crippen molar-refractivity contribution in [2.75, 3.05) is 4.90 Å². The first kappa shape index (κ1) is 33.7. The molecule has 0 radical (unpaired) electrons. The zero-order valence-corrected chi connectivity index (χ0v) is 30.0. The van der Waals surface area contributed by atoms with Crippen LogP contribution in [-0.4, -0.2) is 0 Å². The largest absolute Gasteiger partial charge is 0.310 e. The maximum Gasteiger partial charge on any atom is 0.0496 e. The van der Waals surface area contributed by atoms with Crippen LogP contribution in [0.1, 0.15) is 57.3 Å². The van der Waals surface area contributed by atoms with E-state index in [1.807, 2.05) is 0 Å². The molecule has 53 heavy (non-hydrogen) atoms. The van der Waals surface area contributed by atoms with Gasteiger partial charge in [-0.05, 0) is 118 Å². The molecule has 0 aliphatic heterocycles. The van der Waals surface area contributed by atoms with Crippen LogP contribution in [0.5, 0.6) is 0 Å². The molecule has 0 N–H and O–H groups in total. The molecule has 1 aliphatic carbocycles. The molecule has 7 aromatic rings. The first-order chi connectivity index (χ1) is 26.3. The summed E-state index contributed by atoms with van der Waals surface area (Å²) in [7, 11) is 0. The number of rotatable bonds is 10. The Bertz CT molecular complexity index is 2250. The molecule has 0 fully saturated rings. The maximum absolute atomic E-state index is 2.45. The van der Waals surface area contributed by atoms with Crippen molar-refractivity contribution in [1.29, 1.82) is 0 Å². The quantitative estimate of drug-likeness (QED) is 0.103. The molecule has 0 amide bonds. The van der Waals surface area contributed by atoms with Gasteiger partial charge in [-0.1, -0.05) is 176 Å². The molecule has 1 heteroatoms. The van der Waals surface area contributed by atoms with Gasteiger partial charge in [0.05, 0.1) is 0 Å². The highest BCUT2D eigenvalue weighted by Crippen LogP contribution is 2.40. The average molecular weight is 682 g/mol. The molecule has 0 heterocycles. The molecule has 8 rings (SSSR count). The van der Waals surface area contributed by atoms with E-state index in [0.717, 1.165) is 29.8 Å². The lowest BCUT2D eigenvalue weighted by Gasteiger charge is -2.30. The molecule has 0 bridgehead atoms. The van der Waals surface area contributed by atoms with Crippen LogP contribution < -0.4 is 4.90 Å². The molecule has 0 aromatic heterocycles. The zero-order valence-electron chi connectivity index (χ0n) is 30.0. The zero-order chi connectivity index (χ0) is 35.7. The van der Waals surface area contributed by atoms with Crippen molar-refractivity contribution < 1.29 is 0 Å². The van der Waals surface area contributed by atoms with Crippen molar-refractivity contribution in [3.63, 3.8) is 0 Å². The fourth-order valence-corrected chi connectivity index (χ4v) is 7.44. The minimum absolute atomic E-state index is 1.11. The predicted molar refractivity (Wildman–Crippen MR) is 227 cm³/mol. The smallest absolute Gasteiger partial charge is 0.0496 e. The maximum atomic E-state index is 2.45. The van der Waals surface area contributed by atoms with Crippen LogP contribution in [0.2, 0.25) is 0 Å². The van der Waals surface area contributed by atoms with Crippen molar-refractivity contribution >= 4 is 40.4 Å².